The van der Waals surface area contributed by atoms with E-state index in [2.05, 4.69) is 85.5 Å². The number of ether oxygens (including phenoxy) is 2. The number of aromatic nitrogens is 8. The maximum atomic E-state index is 12.4. The summed E-state index contributed by atoms with van der Waals surface area (Å²) in [6.45, 7) is 11.7. The van der Waals surface area contributed by atoms with E-state index in [0.717, 1.165) is 0 Å². The minimum absolute atomic E-state index is 0.0576. The molecule has 2 aliphatic rings. The van der Waals surface area contributed by atoms with E-state index in [1.165, 1.54) is 83.7 Å². The third-order valence-corrected chi connectivity index (χ3v) is 28.7. The Hall–Kier alpha value is -7.23. The first-order chi connectivity index (χ1) is 38.5. The number of aliphatic hydroxyl groups is 2. The van der Waals surface area contributed by atoms with Gasteiger partial charge in [-0.1, -0.05) is 59.5 Å². The van der Waals surface area contributed by atoms with E-state index < -0.39 is 53.3 Å². The number of hydrogen-bond acceptors (Lipinski definition) is 16. The Morgan fingerprint density at radius 2 is 1.10 bits per heavy atom. The van der Waals surface area contributed by atoms with Gasteiger partial charge in [-0.05, 0) is 44.2 Å². The van der Waals surface area contributed by atoms with Gasteiger partial charge in [0, 0.05) is 80.7 Å². The van der Waals surface area contributed by atoms with Gasteiger partial charge in [0.25, 0.3) is 11.8 Å². The predicted octanol–water partition coefficient (Wildman–Crippen LogP) is 8.17. The molecule has 0 spiro atoms. The molecule has 2 aromatic carbocycles. The summed E-state index contributed by atoms with van der Waals surface area (Å²) in [5, 5.41) is 21.0. The van der Waals surface area contributed by atoms with E-state index in [1.54, 1.807) is 88.9 Å². The molecule has 2 N–H and O–H groups in total. The zero-order valence-electron chi connectivity index (χ0n) is 46.5. The molecule has 0 bridgehead atoms. The normalized spacial score (nSPS) is 16.5. The predicted molar refractivity (Wildman–Crippen MR) is 308 cm³/mol. The number of halogens is 1. The van der Waals surface area contributed by atoms with Gasteiger partial charge in [0.1, 0.15) is 10.8 Å². The zero-order valence-corrected chi connectivity index (χ0v) is 50.1. The first kappa shape index (κ1) is 62.0. The number of amides is 2. The summed E-state index contributed by atoms with van der Waals surface area (Å²) in [6.07, 6.45) is 19.1. The van der Waals surface area contributed by atoms with Crippen molar-refractivity contribution in [1.82, 2.24) is 49.7 Å². The molecule has 8 rings (SSSR count). The Morgan fingerprint density at radius 1 is 0.625 bits per heavy atom. The number of rotatable bonds is 17. The Morgan fingerprint density at radius 3 is 1.52 bits per heavy atom. The fraction of sp³-hybridized carbons (Fsp3) is 0.400. The molecule has 6 aromatic rings. The molecule has 20 heteroatoms. The van der Waals surface area contributed by atoms with Crippen molar-refractivity contribution in [2.24, 2.45) is 0 Å². The zero-order chi connectivity index (χ0) is 57.7. The van der Waals surface area contributed by atoms with Crippen LogP contribution in [-0.2, 0) is 19.1 Å². The van der Waals surface area contributed by atoms with Crippen LogP contribution in [0, 0.1) is 23.7 Å². The van der Waals surface area contributed by atoms with Crippen LogP contribution in [0.1, 0.15) is 118 Å². The molecule has 0 aliphatic carbocycles. The van der Waals surface area contributed by atoms with Crippen molar-refractivity contribution in [2.75, 3.05) is 40.4 Å². The van der Waals surface area contributed by atoms with Crippen molar-refractivity contribution in [1.29, 1.82) is 0 Å². The van der Waals surface area contributed by atoms with Gasteiger partial charge < -0.3 is 29.5 Å². The number of likely N-dealkylation sites (N-methyl/N-ethyl adjacent to an activating group) is 2. The molecule has 80 heavy (non-hydrogen) atoms. The summed E-state index contributed by atoms with van der Waals surface area (Å²) in [6, 6.07) is 16.8. The van der Waals surface area contributed by atoms with Gasteiger partial charge in [-0.15, -0.1) is 0 Å². The molecule has 18 nitrogen and oxygen atoms in total. The van der Waals surface area contributed by atoms with Gasteiger partial charge in [-0.2, -0.15) is 0 Å². The van der Waals surface area contributed by atoms with E-state index >= 15 is 0 Å². The van der Waals surface area contributed by atoms with Crippen LogP contribution >= 0.6 is 11.6 Å². The molecular formula is C60H69ClN10O8Sn. The van der Waals surface area contributed by atoms with Crippen LogP contribution in [0.5, 0.6) is 0 Å². The van der Waals surface area contributed by atoms with Gasteiger partial charge in [0.2, 0.25) is 11.2 Å². The summed E-state index contributed by atoms with van der Waals surface area (Å²) in [5.74, 6) is 9.61. The first-order valence-electron chi connectivity index (χ1n) is 27.0. The molecule has 0 radical (unpaired) electrons. The molecule has 2 aliphatic heterocycles. The van der Waals surface area contributed by atoms with E-state index in [9.17, 15) is 29.4 Å². The third-order valence-electron chi connectivity index (χ3n) is 13.4. The topological polar surface area (TPSA) is 237 Å². The summed E-state index contributed by atoms with van der Waals surface area (Å²) in [7, 11) is 3.26. The average molecular weight is 1210 g/mol. The molecule has 0 saturated carbocycles. The molecule has 2 saturated heterocycles. The number of benzene rings is 2. The quantitative estimate of drug-likeness (QED) is 0.0379. The number of unbranched alkanes of at least 4 members (excludes halogenated alkanes) is 3. The minimum atomic E-state index is -2.27. The fourth-order valence-electron chi connectivity index (χ4n) is 8.95. The molecular weight excluding hydrogens is 1140 g/mol. The summed E-state index contributed by atoms with van der Waals surface area (Å²) in [4.78, 5) is 86.1. The Labute approximate surface area is 477 Å². The van der Waals surface area contributed by atoms with Crippen molar-refractivity contribution in [2.45, 2.75) is 110 Å². The second kappa shape index (κ2) is 29.8. The first-order valence-corrected chi connectivity index (χ1v) is 34.9. The van der Waals surface area contributed by atoms with Crippen LogP contribution < -0.4 is 3.71 Å². The van der Waals surface area contributed by atoms with Crippen LogP contribution in [0.2, 0.25) is 18.5 Å². The Kier molecular flexibility index (Phi) is 23.1. The van der Waals surface area contributed by atoms with Crippen molar-refractivity contribution in [3.8, 4) is 57.8 Å². The Balaban J connectivity index is 0.000000201. The van der Waals surface area contributed by atoms with Gasteiger partial charge in [-0.25, -0.2) is 29.5 Å². The average Bonchev–Trinajstić information content (AvgIpc) is 3.91. The van der Waals surface area contributed by atoms with Crippen molar-refractivity contribution in [3.63, 3.8) is 0 Å². The van der Waals surface area contributed by atoms with E-state index in [-0.39, 0.29) is 54.2 Å². The largest absolute Gasteiger partial charge is 0.461 e. The van der Waals surface area contributed by atoms with Crippen LogP contribution in [0.15, 0.2) is 97.8 Å². The van der Waals surface area contributed by atoms with Crippen molar-refractivity contribution < 1.29 is 38.9 Å². The number of likely N-dealkylation sites (tertiary alicyclic amines) is 2. The summed E-state index contributed by atoms with van der Waals surface area (Å²) < 4.78 is 15.9. The molecule has 418 valence electrons. The van der Waals surface area contributed by atoms with Crippen LogP contribution in [0.4, 0.5) is 0 Å². The smallest absolute Gasteiger partial charge is 0.357 e. The van der Waals surface area contributed by atoms with Gasteiger partial charge >= 0.3 is 135 Å². The van der Waals surface area contributed by atoms with Crippen molar-refractivity contribution in [3.05, 3.63) is 126 Å². The summed E-state index contributed by atoms with van der Waals surface area (Å²) in [5.41, 5.74) is -0.00502. The number of hydrogen-bond donors (Lipinski definition) is 2. The maximum absolute atomic E-state index is 12.4. The van der Waals surface area contributed by atoms with E-state index in [4.69, 9.17) is 26.1 Å². The number of carbonyl (C=O) groups excluding carboxylic acids is 4. The molecule has 4 aromatic heterocycles. The monoisotopic (exact) mass is 1210 g/mol. The maximum Gasteiger partial charge on any atom is 0.357 e. The number of nitrogens with zero attached hydrogens (tertiary/aromatic N) is 10. The second-order valence-corrected chi connectivity index (χ2v) is 32.8. The third kappa shape index (κ3) is 16.7. The van der Waals surface area contributed by atoms with Crippen LogP contribution in [-0.4, -0.2) is 154 Å². The molecule has 2 fully saturated rings. The van der Waals surface area contributed by atoms with E-state index in [0.29, 0.717) is 46.7 Å². The van der Waals surface area contributed by atoms with E-state index in [1.807, 2.05) is 12.4 Å². The van der Waals surface area contributed by atoms with Crippen molar-refractivity contribution >= 4 is 57.4 Å². The SMILES string of the molecule is CCC[CH2][Sn]([CH2]CCC)([CH2]CCC)[c]1cnccn1.CCOC(=O)c1cc(-c2cnccn2)nc(-c2cccc(C#C[C@]3(O)CCN(C)C3=O)c2)n1.CCOC(=O)c1cc(Cl)nc(-c2cccc(C#C[C@]3(O)CCN(C)C3=O)c2)n1. The standard InChI is InChI=1S/C24H21N5O4.C20H18ClN3O4.C4H3N2.3C4H9.Sn/c1-3-33-22(30)19-14-18(20-15-25-10-11-26-20)27-21(28-19)17-6-4-5-16(13-17)7-8-24(32)9-12-29(2)23(24)31;1-3-28-18(25)15-12-16(21)23-17(22-15)14-6-4-5-13(11-14)7-8-20(27)9-10-24(2)19(20)26;1-2-6-4-3-5-1;3*1-3-4-2;/h4-6,10-11,13-15,32H,3,9,12H2,1-2H3;4-6,11-12,27H,3,9-10H2,1-2H3;1-3H;3*1,3-4H2,2H3;/t24-;20-;;;;;/m00...../s1. The molecule has 2 amide bonds. The van der Waals surface area contributed by atoms with Gasteiger partial charge in [0.15, 0.2) is 23.0 Å². The van der Waals surface area contributed by atoms with Crippen LogP contribution in [0.3, 0.4) is 0 Å². The van der Waals surface area contributed by atoms with Gasteiger partial charge in [-0.3, -0.25) is 19.6 Å². The minimum Gasteiger partial charge on any atom is -0.461 e. The second-order valence-electron chi connectivity index (χ2n) is 19.4. The molecule has 6 heterocycles. The fourth-order valence-corrected chi connectivity index (χ4v) is 24.3. The number of carbonyl (C=O) groups is 4. The number of esters is 2. The summed E-state index contributed by atoms with van der Waals surface area (Å²) >= 11 is 3.75. The van der Waals surface area contributed by atoms with Gasteiger partial charge in [0.05, 0.1) is 25.1 Å². The molecule has 2 atom stereocenters. The molecule has 0 unspecified atom stereocenters. The Bertz CT molecular complexity index is 3200. The van der Waals surface area contributed by atoms with Crippen LogP contribution in [0.25, 0.3) is 34.2 Å².